The fourth-order valence-corrected chi connectivity index (χ4v) is 3.46. The lowest BCUT2D eigenvalue weighted by atomic mass is 9.99. The van der Waals surface area contributed by atoms with Gasteiger partial charge in [-0.15, -0.1) is 0 Å². The molecule has 0 aliphatic carbocycles. The molecule has 6 nitrogen and oxygen atoms in total. The lowest BCUT2D eigenvalue weighted by molar-refractivity contribution is -0.127. The first kappa shape index (κ1) is 24.9. The smallest absolute Gasteiger partial charge is 0.254 e. The van der Waals surface area contributed by atoms with Crippen molar-refractivity contribution in [2.75, 3.05) is 7.05 Å². The fourth-order valence-electron chi connectivity index (χ4n) is 3.34. The van der Waals surface area contributed by atoms with Gasteiger partial charge in [0.25, 0.3) is 5.91 Å². The second-order valence-electron chi connectivity index (χ2n) is 8.78. The minimum atomic E-state index is -0.930. The summed E-state index contributed by atoms with van der Waals surface area (Å²) in [6, 6.07) is 24.8. The monoisotopic (exact) mass is 474 g/mol. The maximum Gasteiger partial charge on any atom is 0.254 e. The van der Waals surface area contributed by atoms with E-state index in [-0.39, 0.29) is 11.8 Å². The number of para-hydroxylation sites is 2. The Hall–Kier alpha value is -3.73. The summed E-state index contributed by atoms with van der Waals surface area (Å²) in [5.74, 6) is -0.637. The zero-order valence-electron chi connectivity index (χ0n) is 19.6. The predicted octanol–water partition coefficient (Wildman–Crippen LogP) is 6.21. The number of nitrogens with zero attached hydrogens (tertiary/aromatic N) is 3. The number of halogens is 1. The van der Waals surface area contributed by atoms with Crippen molar-refractivity contribution in [1.82, 2.24) is 10.2 Å². The number of rotatable bonds is 6. The van der Waals surface area contributed by atoms with Gasteiger partial charge in [-0.2, -0.15) is 9.98 Å². The van der Waals surface area contributed by atoms with E-state index >= 15 is 0 Å². The third-order valence-electron chi connectivity index (χ3n) is 4.88. The van der Waals surface area contributed by atoms with Gasteiger partial charge in [0.15, 0.2) is 0 Å². The highest BCUT2D eigenvalue weighted by atomic mass is 35.5. The third kappa shape index (κ3) is 6.64. The number of benzene rings is 3. The Balaban J connectivity index is 2.03. The van der Waals surface area contributed by atoms with Crippen LogP contribution >= 0.6 is 11.6 Å². The van der Waals surface area contributed by atoms with Crippen LogP contribution in [0.5, 0.6) is 0 Å². The zero-order valence-corrected chi connectivity index (χ0v) is 20.4. The SMILES string of the molecule is CN(C(=O)c1ccc(Cl)cc1)C(C(=O)NC(C)(C)C)c1ccccc1N=C=Nc1ccccc1. The highest BCUT2D eigenvalue weighted by Gasteiger charge is 2.32. The normalized spacial score (nSPS) is 11.7. The van der Waals surface area contributed by atoms with Crippen molar-refractivity contribution in [3.63, 3.8) is 0 Å². The van der Waals surface area contributed by atoms with E-state index in [1.807, 2.05) is 57.2 Å². The fraction of sp³-hybridized carbons (Fsp3) is 0.222. The Labute approximate surface area is 205 Å². The largest absolute Gasteiger partial charge is 0.349 e. The summed E-state index contributed by atoms with van der Waals surface area (Å²) in [6.07, 6.45) is 0. The van der Waals surface area contributed by atoms with Crippen LogP contribution in [0.4, 0.5) is 11.4 Å². The first-order valence-electron chi connectivity index (χ1n) is 10.8. The lowest BCUT2D eigenvalue weighted by Gasteiger charge is -2.31. The molecule has 0 saturated carbocycles. The summed E-state index contributed by atoms with van der Waals surface area (Å²) in [7, 11) is 1.60. The van der Waals surface area contributed by atoms with Crippen LogP contribution in [-0.4, -0.2) is 35.3 Å². The van der Waals surface area contributed by atoms with Gasteiger partial charge in [-0.1, -0.05) is 48.0 Å². The number of aliphatic imine (C=N–C) groups is 2. The van der Waals surface area contributed by atoms with Gasteiger partial charge in [-0.05, 0) is 63.2 Å². The summed E-state index contributed by atoms with van der Waals surface area (Å²) in [6.45, 7) is 5.67. The summed E-state index contributed by atoms with van der Waals surface area (Å²) in [5, 5.41) is 3.51. The summed E-state index contributed by atoms with van der Waals surface area (Å²) < 4.78 is 0. The predicted molar refractivity (Wildman–Crippen MR) is 136 cm³/mol. The van der Waals surface area contributed by atoms with Gasteiger partial charge in [0.2, 0.25) is 5.91 Å². The number of carbonyl (C=O) groups is 2. The van der Waals surface area contributed by atoms with E-state index in [1.54, 1.807) is 49.5 Å². The van der Waals surface area contributed by atoms with Crippen molar-refractivity contribution >= 4 is 40.8 Å². The van der Waals surface area contributed by atoms with Crippen LogP contribution in [0.1, 0.15) is 42.7 Å². The molecule has 2 amide bonds. The van der Waals surface area contributed by atoms with Gasteiger partial charge in [0.1, 0.15) is 12.1 Å². The molecule has 1 atom stereocenters. The summed E-state index contributed by atoms with van der Waals surface area (Å²) in [4.78, 5) is 36.7. The molecule has 0 fully saturated rings. The molecule has 3 aromatic carbocycles. The Morgan fingerprint density at radius 2 is 1.53 bits per heavy atom. The molecule has 3 aromatic rings. The van der Waals surface area contributed by atoms with Crippen LogP contribution < -0.4 is 5.32 Å². The highest BCUT2D eigenvalue weighted by molar-refractivity contribution is 6.30. The Morgan fingerprint density at radius 1 is 0.912 bits per heavy atom. The molecule has 1 unspecified atom stereocenters. The molecule has 0 aliphatic rings. The average molecular weight is 475 g/mol. The lowest BCUT2D eigenvalue weighted by Crippen LogP contribution is -2.48. The minimum absolute atomic E-state index is 0.317. The molecule has 0 bridgehead atoms. The van der Waals surface area contributed by atoms with Gasteiger partial charge in [0, 0.05) is 28.7 Å². The molecule has 174 valence electrons. The standard InChI is InChI=1S/C27H27ClN4O2/c1-27(2,3)31-25(33)24(32(4)26(34)19-14-16-20(28)17-15-19)22-12-8-9-13-23(22)30-18-29-21-10-6-5-7-11-21/h5-17,24H,1-4H3,(H,31,33). The van der Waals surface area contributed by atoms with E-state index < -0.39 is 11.6 Å². The first-order valence-corrected chi connectivity index (χ1v) is 11.2. The van der Waals surface area contributed by atoms with Gasteiger partial charge < -0.3 is 10.2 Å². The number of likely N-dealkylation sites (N-methyl/N-ethyl adjacent to an activating group) is 1. The molecule has 0 aliphatic heterocycles. The Morgan fingerprint density at radius 3 is 2.18 bits per heavy atom. The van der Waals surface area contributed by atoms with Crippen molar-refractivity contribution in [3.05, 3.63) is 95.0 Å². The number of hydrogen-bond acceptors (Lipinski definition) is 4. The van der Waals surface area contributed by atoms with Crippen molar-refractivity contribution in [2.45, 2.75) is 32.4 Å². The maximum atomic E-state index is 13.4. The second-order valence-corrected chi connectivity index (χ2v) is 9.22. The highest BCUT2D eigenvalue weighted by Crippen LogP contribution is 2.31. The van der Waals surface area contributed by atoms with E-state index in [2.05, 4.69) is 21.3 Å². The van der Waals surface area contributed by atoms with E-state index in [0.29, 0.717) is 27.5 Å². The van der Waals surface area contributed by atoms with E-state index in [4.69, 9.17) is 11.6 Å². The topological polar surface area (TPSA) is 74.1 Å². The van der Waals surface area contributed by atoms with Crippen molar-refractivity contribution in [2.24, 2.45) is 9.98 Å². The maximum absolute atomic E-state index is 13.4. The first-order chi connectivity index (χ1) is 16.2. The minimum Gasteiger partial charge on any atom is -0.349 e. The average Bonchev–Trinajstić information content (AvgIpc) is 2.80. The summed E-state index contributed by atoms with van der Waals surface area (Å²) >= 11 is 5.97. The van der Waals surface area contributed by atoms with Crippen molar-refractivity contribution in [1.29, 1.82) is 0 Å². The Bertz CT molecular complexity index is 1210. The summed E-state index contributed by atoms with van der Waals surface area (Å²) in [5.41, 5.74) is 1.69. The van der Waals surface area contributed by atoms with Crippen LogP contribution in [0.25, 0.3) is 0 Å². The molecule has 1 N–H and O–H groups in total. The van der Waals surface area contributed by atoms with Crippen LogP contribution in [0, 0.1) is 0 Å². The van der Waals surface area contributed by atoms with Crippen LogP contribution in [-0.2, 0) is 4.79 Å². The van der Waals surface area contributed by atoms with Gasteiger partial charge in [-0.3, -0.25) is 9.59 Å². The molecular formula is C27H27ClN4O2. The molecule has 3 rings (SSSR count). The van der Waals surface area contributed by atoms with Crippen LogP contribution in [0.15, 0.2) is 88.8 Å². The molecular weight excluding hydrogens is 448 g/mol. The van der Waals surface area contributed by atoms with Gasteiger partial charge in [0.05, 0.1) is 11.4 Å². The van der Waals surface area contributed by atoms with Crippen molar-refractivity contribution < 1.29 is 9.59 Å². The number of hydrogen-bond donors (Lipinski definition) is 1. The molecule has 0 saturated heterocycles. The van der Waals surface area contributed by atoms with Crippen LogP contribution in [0.2, 0.25) is 5.02 Å². The number of carbonyl (C=O) groups excluding carboxylic acids is 2. The van der Waals surface area contributed by atoms with Crippen LogP contribution in [0.3, 0.4) is 0 Å². The van der Waals surface area contributed by atoms with Gasteiger partial charge >= 0.3 is 0 Å². The third-order valence-corrected chi connectivity index (χ3v) is 5.13. The van der Waals surface area contributed by atoms with Crippen molar-refractivity contribution in [3.8, 4) is 0 Å². The van der Waals surface area contributed by atoms with Gasteiger partial charge in [-0.25, -0.2) is 0 Å². The molecule has 0 spiro atoms. The number of nitrogens with one attached hydrogen (secondary N) is 1. The molecule has 0 aromatic heterocycles. The zero-order chi connectivity index (χ0) is 24.7. The molecule has 34 heavy (non-hydrogen) atoms. The molecule has 0 radical (unpaired) electrons. The number of amides is 2. The van der Waals surface area contributed by atoms with E-state index in [9.17, 15) is 9.59 Å². The molecule has 0 heterocycles. The van der Waals surface area contributed by atoms with E-state index in [1.165, 1.54) is 4.90 Å². The quantitative estimate of drug-likeness (QED) is 0.431. The second kappa shape index (κ2) is 10.9. The molecule has 7 heteroatoms. The van der Waals surface area contributed by atoms with E-state index in [0.717, 1.165) is 0 Å². The Kier molecular flexibility index (Phi) is 8.00.